The Morgan fingerprint density at radius 2 is 1.60 bits per heavy atom. The summed E-state index contributed by atoms with van der Waals surface area (Å²) < 4.78 is 34.4. The topological polar surface area (TPSA) is 55.8 Å². The van der Waals surface area contributed by atoms with Crippen LogP contribution >= 0.6 is 0 Å². The molecule has 2 aliphatic rings. The lowest BCUT2D eigenvalue weighted by molar-refractivity contribution is -0.0498. The number of carbonyl (C=O) groups is 2. The van der Waals surface area contributed by atoms with E-state index in [4.69, 9.17) is 4.74 Å². The highest BCUT2D eigenvalue weighted by Crippen LogP contribution is 2.40. The van der Waals surface area contributed by atoms with Gasteiger partial charge >= 0.3 is 12.7 Å². The SMILES string of the molecule is O=C(c1ccc(OC(F)F)cc1)C1CC2CCC(C1)N2C(=O)OCc1ccccc1. The number of Topliss-reactive ketones (excluding diaryl/α,β-unsaturated/α-hetero) is 1. The van der Waals surface area contributed by atoms with Crippen molar-refractivity contribution in [3.63, 3.8) is 0 Å². The summed E-state index contributed by atoms with van der Waals surface area (Å²) in [6, 6.07) is 15.3. The van der Waals surface area contributed by atoms with Crippen LogP contribution in [0.4, 0.5) is 13.6 Å². The van der Waals surface area contributed by atoms with Crippen LogP contribution in [0.2, 0.25) is 0 Å². The Hall–Kier alpha value is -2.96. The summed E-state index contributed by atoms with van der Waals surface area (Å²) in [7, 11) is 0. The predicted octanol–water partition coefficient (Wildman–Crippen LogP) is 5.05. The number of benzene rings is 2. The first kappa shape index (κ1) is 20.3. The predicted molar refractivity (Wildman–Crippen MR) is 105 cm³/mol. The molecule has 2 aliphatic heterocycles. The average molecular weight is 415 g/mol. The lowest BCUT2D eigenvalue weighted by Crippen LogP contribution is -2.48. The summed E-state index contributed by atoms with van der Waals surface area (Å²) in [6.07, 6.45) is 2.56. The molecule has 5 nitrogen and oxygen atoms in total. The Bertz CT molecular complexity index is 874. The highest BCUT2D eigenvalue weighted by Gasteiger charge is 2.45. The lowest BCUT2D eigenvalue weighted by atomic mass is 9.85. The average Bonchev–Trinajstić information content (AvgIpc) is 3.02. The van der Waals surface area contributed by atoms with E-state index >= 15 is 0 Å². The summed E-state index contributed by atoms with van der Waals surface area (Å²) >= 11 is 0. The third-order valence-corrected chi connectivity index (χ3v) is 5.88. The standard InChI is InChI=1S/C23H23F2NO4/c24-22(25)30-20-10-6-16(7-11-20)21(27)17-12-18-8-9-19(13-17)26(18)23(28)29-14-15-4-2-1-3-5-15/h1-7,10-11,17-19,22H,8-9,12-14H2. The van der Waals surface area contributed by atoms with Gasteiger partial charge in [-0.15, -0.1) is 0 Å². The van der Waals surface area contributed by atoms with Gasteiger partial charge in [-0.3, -0.25) is 4.79 Å². The molecule has 158 valence electrons. The van der Waals surface area contributed by atoms with E-state index in [1.165, 1.54) is 24.3 Å². The van der Waals surface area contributed by atoms with Crippen molar-refractivity contribution in [1.29, 1.82) is 0 Å². The Morgan fingerprint density at radius 3 is 2.20 bits per heavy atom. The van der Waals surface area contributed by atoms with Gasteiger partial charge < -0.3 is 14.4 Å². The fourth-order valence-electron chi connectivity index (χ4n) is 4.52. The van der Waals surface area contributed by atoms with Crippen LogP contribution in [0.5, 0.6) is 5.75 Å². The van der Waals surface area contributed by atoms with Crippen molar-refractivity contribution in [3.8, 4) is 5.75 Å². The molecule has 0 N–H and O–H groups in total. The minimum Gasteiger partial charge on any atom is -0.445 e. The largest absolute Gasteiger partial charge is 0.445 e. The molecule has 4 rings (SSSR count). The molecule has 0 radical (unpaired) electrons. The minimum absolute atomic E-state index is 0.0117. The third kappa shape index (κ3) is 4.45. The van der Waals surface area contributed by atoms with E-state index in [-0.39, 0.29) is 42.2 Å². The number of hydrogen-bond acceptors (Lipinski definition) is 4. The maximum Gasteiger partial charge on any atom is 0.410 e. The number of carbonyl (C=O) groups excluding carboxylic acids is 2. The van der Waals surface area contributed by atoms with Crippen LogP contribution in [-0.2, 0) is 11.3 Å². The van der Waals surface area contributed by atoms with Gasteiger partial charge in [0, 0.05) is 23.6 Å². The molecule has 2 saturated heterocycles. The molecule has 0 aliphatic carbocycles. The summed E-state index contributed by atoms with van der Waals surface area (Å²) in [5, 5.41) is 0. The van der Waals surface area contributed by atoms with Crippen molar-refractivity contribution in [2.24, 2.45) is 5.92 Å². The maximum atomic E-state index is 12.9. The first-order valence-corrected chi connectivity index (χ1v) is 10.1. The molecule has 2 unspecified atom stereocenters. The number of fused-ring (bicyclic) bond motifs is 2. The zero-order chi connectivity index (χ0) is 21.1. The second kappa shape index (κ2) is 8.81. The zero-order valence-electron chi connectivity index (χ0n) is 16.4. The van der Waals surface area contributed by atoms with E-state index in [0.29, 0.717) is 18.4 Å². The van der Waals surface area contributed by atoms with Gasteiger partial charge in [-0.05, 0) is 55.5 Å². The number of ketones is 1. The Labute approximate surface area is 173 Å². The number of rotatable bonds is 6. The molecule has 7 heteroatoms. The van der Waals surface area contributed by atoms with E-state index in [2.05, 4.69) is 4.74 Å². The smallest absolute Gasteiger partial charge is 0.410 e. The molecule has 0 spiro atoms. The van der Waals surface area contributed by atoms with Crippen molar-refractivity contribution in [2.75, 3.05) is 0 Å². The first-order valence-electron chi connectivity index (χ1n) is 10.1. The van der Waals surface area contributed by atoms with E-state index in [1.807, 2.05) is 30.3 Å². The quantitative estimate of drug-likeness (QED) is 0.620. The van der Waals surface area contributed by atoms with Gasteiger partial charge in [-0.25, -0.2) is 4.79 Å². The van der Waals surface area contributed by atoms with Gasteiger partial charge in [-0.2, -0.15) is 8.78 Å². The van der Waals surface area contributed by atoms with Crippen LogP contribution in [0.25, 0.3) is 0 Å². The van der Waals surface area contributed by atoms with E-state index in [1.54, 1.807) is 4.90 Å². The molecule has 1 amide bonds. The summed E-state index contributed by atoms with van der Waals surface area (Å²) in [6.45, 7) is -2.67. The van der Waals surface area contributed by atoms with Crippen molar-refractivity contribution in [1.82, 2.24) is 4.90 Å². The van der Waals surface area contributed by atoms with Crippen molar-refractivity contribution >= 4 is 11.9 Å². The highest BCUT2D eigenvalue weighted by molar-refractivity contribution is 5.98. The molecule has 2 fully saturated rings. The van der Waals surface area contributed by atoms with Crippen LogP contribution in [0.3, 0.4) is 0 Å². The number of ether oxygens (including phenoxy) is 2. The monoisotopic (exact) mass is 415 g/mol. The molecule has 2 heterocycles. The van der Waals surface area contributed by atoms with E-state index in [9.17, 15) is 18.4 Å². The van der Waals surface area contributed by atoms with Crippen LogP contribution in [0, 0.1) is 5.92 Å². The number of piperidine rings is 1. The van der Waals surface area contributed by atoms with E-state index in [0.717, 1.165) is 18.4 Å². The lowest BCUT2D eigenvalue weighted by Gasteiger charge is -2.37. The molecule has 30 heavy (non-hydrogen) atoms. The maximum absolute atomic E-state index is 12.9. The van der Waals surface area contributed by atoms with Gasteiger partial charge in [0.05, 0.1) is 0 Å². The Kier molecular flexibility index (Phi) is 5.97. The summed E-state index contributed by atoms with van der Waals surface area (Å²) in [5.74, 6) is -0.187. The van der Waals surface area contributed by atoms with Gasteiger partial charge in [0.1, 0.15) is 12.4 Å². The Balaban J connectivity index is 1.36. The molecular formula is C23H23F2NO4. The van der Waals surface area contributed by atoms with Gasteiger partial charge in [0.2, 0.25) is 0 Å². The first-order chi connectivity index (χ1) is 14.5. The number of halogens is 2. The molecule has 2 bridgehead atoms. The highest BCUT2D eigenvalue weighted by atomic mass is 19.3. The third-order valence-electron chi connectivity index (χ3n) is 5.88. The summed E-state index contributed by atoms with van der Waals surface area (Å²) in [4.78, 5) is 27.4. The minimum atomic E-state index is -2.90. The number of nitrogens with zero attached hydrogens (tertiary/aromatic N) is 1. The number of hydrogen-bond donors (Lipinski definition) is 0. The van der Waals surface area contributed by atoms with Gasteiger partial charge in [0.25, 0.3) is 0 Å². The van der Waals surface area contributed by atoms with Crippen molar-refractivity contribution in [3.05, 3.63) is 65.7 Å². The fraction of sp³-hybridized carbons (Fsp3) is 0.391. The van der Waals surface area contributed by atoms with Crippen LogP contribution in [-0.4, -0.2) is 35.5 Å². The van der Waals surface area contributed by atoms with Gasteiger partial charge in [0.15, 0.2) is 5.78 Å². The van der Waals surface area contributed by atoms with Crippen molar-refractivity contribution < 1.29 is 27.8 Å². The summed E-state index contributed by atoms with van der Waals surface area (Å²) in [5.41, 5.74) is 1.41. The second-order valence-corrected chi connectivity index (χ2v) is 7.77. The molecule has 0 aromatic heterocycles. The number of amides is 1. The van der Waals surface area contributed by atoms with Gasteiger partial charge in [-0.1, -0.05) is 30.3 Å². The Morgan fingerprint density at radius 1 is 0.967 bits per heavy atom. The number of alkyl halides is 2. The molecule has 0 saturated carbocycles. The molecule has 2 aromatic carbocycles. The van der Waals surface area contributed by atoms with Crippen LogP contribution < -0.4 is 4.74 Å². The van der Waals surface area contributed by atoms with E-state index < -0.39 is 6.61 Å². The molecule has 2 atom stereocenters. The molecular weight excluding hydrogens is 392 g/mol. The van der Waals surface area contributed by atoms with Crippen LogP contribution in [0.15, 0.2) is 54.6 Å². The fourth-order valence-corrected chi connectivity index (χ4v) is 4.52. The normalized spacial score (nSPS) is 22.8. The van der Waals surface area contributed by atoms with Crippen molar-refractivity contribution in [2.45, 2.75) is 51.0 Å². The molecule has 2 aromatic rings. The second-order valence-electron chi connectivity index (χ2n) is 7.77. The zero-order valence-corrected chi connectivity index (χ0v) is 16.4. The van der Waals surface area contributed by atoms with Crippen LogP contribution in [0.1, 0.15) is 41.6 Å².